The lowest BCUT2D eigenvalue weighted by Crippen LogP contribution is -2.07. The summed E-state index contributed by atoms with van der Waals surface area (Å²) in [6, 6.07) is 3.93. The van der Waals surface area contributed by atoms with E-state index in [1.165, 1.54) is 5.69 Å². The molecule has 0 amide bonds. The quantitative estimate of drug-likeness (QED) is 0.746. The summed E-state index contributed by atoms with van der Waals surface area (Å²) < 4.78 is 4.71. The van der Waals surface area contributed by atoms with Gasteiger partial charge in [-0.2, -0.15) is 5.10 Å². The summed E-state index contributed by atoms with van der Waals surface area (Å²) in [7, 11) is 0. The maximum absolute atomic E-state index is 5.95. The van der Waals surface area contributed by atoms with Crippen molar-refractivity contribution < 1.29 is 0 Å². The van der Waals surface area contributed by atoms with Gasteiger partial charge in [-0.1, -0.05) is 11.6 Å². The van der Waals surface area contributed by atoms with Crippen LogP contribution in [0.4, 0.5) is 0 Å². The van der Waals surface area contributed by atoms with Crippen LogP contribution in [0, 0.1) is 18.6 Å². The average molecular weight is 322 g/mol. The molecule has 0 aliphatic rings. The Bertz CT molecular complexity index is 845. The zero-order chi connectivity index (χ0) is 15.0. The van der Waals surface area contributed by atoms with Crippen LogP contribution in [-0.2, 0) is 13.1 Å². The third-order valence-corrected chi connectivity index (χ3v) is 3.96. The zero-order valence-corrected chi connectivity index (χ0v) is 13.5. The van der Waals surface area contributed by atoms with Crippen molar-refractivity contribution in [3.63, 3.8) is 0 Å². The molecule has 0 bridgehead atoms. The van der Waals surface area contributed by atoms with E-state index >= 15 is 0 Å². The SMILES string of the molecule is Cc1cc(C)n(CCCn2c(=S)[nH]c3cc(Cl)cnc32)n1. The van der Waals surface area contributed by atoms with Crippen molar-refractivity contribution in [2.75, 3.05) is 0 Å². The van der Waals surface area contributed by atoms with Gasteiger partial charge >= 0.3 is 0 Å². The van der Waals surface area contributed by atoms with E-state index in [4.69, 9.17) is 23.8 Å². The second-order valence-corrected chi connectivity index (χ2v) is 5.93. The van der Waals surface area contributed by atoms with Crippen LogP contribution in [0.1, 0.15) is 17.8 Å². The molecule has 0 aliphatic carbocycles. The van der Waals surface area contributed by atoms with Gasteiger partial charge in [0.25, 0.3) is 0 Å². The fourth-order valence-corrected chi connectivity index (χ4v) is 2.95. The number of pyridine rings is 1. The second-order valence-electron chi connectivity index (χ2n) is 5.11. The fraction of sp³-hybridized carbons (Fsp3) is 0.357. The number of nitrogens with one attached hydrogen (secondary N) is 1. The molecule has 21 heavy (non-hydrogen) atoms. The van der Waals surface area contributed by atoms with Gasteiger partial charge in [0.05, 0.1) is 16.2 Å². The molecule has 3 heterocycles. The summed E-state index contributed by atoms with van der Waals surface area (Å²) in [5.74, 6) is 0. The van der Waals surface area contributed by atoms with Gasteiger partial charge in [0, 0.05) is 25.0 Å². The topological polar surface area (TPSA) is 51.4 Å². The second kappa shape index (κ2) is 5.61. The van der Waals surface area contributed by atoms with Crippen LogP contribution in [0.2, 0.25) is 5.02 Å². The van der Waals surface area contributed by atoms with E-state index in [0.29, 0.717) is 9.79 Å². The van der Waals surface area contributed by atoms with Gasteiger partial charge in [-0.3, -0.25) is 4.68 Å². The number of aryl methyl sites for hydroxylation is 4. The van der Waals surface area contributed by atoms with Gasteiger partial charge in [-0.15, -0.1) is 0 Å². The van der Waals surface area contributed by atoms with Gasteiger partial charge in [-0.05, 0) is 44.6 Å². The number of H-pyrrole nitrogens is 1. The van der Waals surface area contributed by atoms with Crippen LogP contribution in [0.3, 0.4) is 0 Å². The van der Waals surface area contributed by atoms with Gasteiger partial charge in [0.1, 0.15) is 0 Å². The summed E-state index contributed by atoms with van der Waals surface area (Å²) in [4.78, 5) is 7.50. The molecule has 7 heteroatoms. The number of nitrogens with zero attached hydrogens (tertiary/aromatic N) is 4. The van der Waals surface area contributed by atoms with E-state index in [1.807, 2.05) is 22.2 Å². The first-order valence-corrected chi connectivity index (χ1v) is 7.58. The molecule has 0 spiro atoms. The number of fused-ring (bicyclic) bond motifs is 1. The Kier molecular flexibility index (Phi) is 3.82. The predicted octanol–water partition coefficient (Wildman–Crippen LogP) is 3.65. The number of rotatable bonds is 4. The molecule has 0 fully saturated rings. The standard InChI is InChI=1S/C14H16ClN5S/c1-9-6-10(2)20(18-9)5-3-4-19-13-12(17-14(19)21)7-11(15)8-16-13/h6-8H,3-5H2,1-2H3,(H,17,21). The normalized spacial score (nSPS) is 11.4. The van der Waals surface area contributed by atoms with E-state index in [0.717, 1.165) is 36.4 Å². The summed E-state index contributed by atoms with van der Waals surface area (Å²) in [6.07, 6.45) is 2.58. The Morgan fingerprint density at radius 2 is 2.10 bits per heavy atom. The lowest BCUT2D eigenvalue weighted by atomic mass is 10.3. The van der Waals surface area contributed by atoms with E-state index in [-0.39, 0.29) is 0 Å². The van der Waals surface area contributed by atoms with Crippen molar-refractivity contribution in [2.24, 2.45) is 0 Å². The Hall–Kier alpha value is -1.66. The van der Waals surface area contributed by atoms with Crippen LogP contribution in [0.15, 0.2) is 18.3 Å². The van der Waals surface area contributed by atoms with Gasteiger partial charge in [-0.25, -0.2) is 4.98 Å². The summed E-state index contributed by atoms with van der Waals surface area (Å²) in [5.41, 5.74) is 3.95. The predicted molar refractivity (Wildman–Crippen MR) is 86.2 cm³/mol. The molecule has 0 aromatic carbocycles. The van der Waals surface area contributed by atoms with Crippen molar-refractivity contribution in [3.8, 4) is 0 Å². The van der Waals surface area contributed by atoms with Crippen molar-refractivity contribution in [3.05, 3.63) is 39.5 Å². The average Bonchev–Trinajstić information content (AvgIpc) is 2.89. The highest BCUT2D eigenvalue weighted by atomic mass is 35.5. The van der Waals surface area contributed by atoms with Crippen LogP contribution >= 0.6 is 23.8 Å². The van der Waals surface area contributed by atoms with Crippen LogP contribution in [0.25, 0.3) is 11.2 Å². The minimum atomic E-state index is 0.605. The van der Waals surface area contributed by atoms with E-state index in [9.17, 15) is 0 Å². The monoisotopic (exact) mass is 321 g/mol. The molecule has 0 unspecified atom stereocenters. The Labute approximate surface area is 132 Å². The van der Waals surface area contributed by atoms with E-state index < -0.39 is 0 Å². The highest BCUT2D eigenvalue weighted by Gasteiger charge is 2.07. The highest BCUT2D eigenvalue weighted by molar-refractivity contribution is 7.71. The molecule has 3 aromatic heterocycles. The van der Waals surface area contributed by atoms with Crippen molar-refractivity contribution in [1.29, 1.82) is 0 Å². The van der Waals surface area contributed by atoms with Crippen LogP contribution < -0.4 is 0 Å². The molecule has 110 valence electrons. The van der Waals surface area contributed by atoms with Gasteiger partial charge in [0.15, 0.2) is 10.4 Å². The molecule has 1 N–H and O–H groups in total. The fourth-order valence-electron chi connectivity index (χ4n) is 2.51. The summed E-state index contributed by atoms with van der Waals surface area (Å²) in [5, 5.41) is 5.07. The first-order valence-electron chi connectivity index (χ1n) is 6.80. The third-order valence-electron chi connectivity index (χ3n) is 3.43. The maximum atomic E-state index is 5.95. The van der Waals surface area contributed by atoms with Gasteiger partial charge < -0.3 is 9.55 Å². The number of aromatic amines is 1. The highest BCUT2D eigenvalue weighted by Crippen LogP contribution is 2.17. The Balaban J connectivity index is 1.78. The van der Waals surface area contributed by atoms with Crippen molar-refractivity contribution in [1.82, 2.24) is 24.3 Å². The van der Waals surface area contributed by atoms with Crippen molar-refractivity contribution >= 4 is 35.0 Å². The summed E-state index contributed by atoms with van der Waals surface area (Å²) >= 11 is 11.3. The minimum absolute atomic E-state index is 0.605. The zero-order valence-electron chi connectivity index (χ0n) is 11.9. The largest absolute Gasteiger partial charge is 0.329 e. The molecule has 0 saturated heterocycles. The van der Waals surface area contributed by atoms with Crippen LogP contribution in [0.5, 0.6) is 0 Å². The molecular formula is C14H16ClN5S. The molecule has 3 rings (SSSR count). The molecule has 0 aliphatic heterocycles. The number of imidazole rings is 1. The molecule has 0 atom stereocenters. The van der Waals surface area contributed by atoms with E-state index in [2.05, 4.69) is 28.1 Å². The van der Waals surface area contributed by atoms with Crippen LogP contribution in [-0.4, -0.2) is 24.3 Å². The number of hydrogen-bond donors (Lipinski definition) is 1. The first-order chi connectivity index (χ1) is 10.0. The molecule has 5 nitrogen and oxygen atoms in total. The molecular weight excluding hydrogens is 306 g/mol. The molecule has 3 aromatic rings. The van der Waals surface area contributed by atoms with Crippen molar-refractivity contribution in [2.45, 2.75) is 33.4 Å². The number of hydrogen-bond acceptors (Lipinski definition) is 3. The first kappa shape index (κ1) is 14.3. The maximum Gasteiger partial charge on any atom is 0.179 e. The Morgan fingerprint density at radius 3 is 2.81 bits per heavy atom. The summed E-state index contributed by atoms with van der Waals surface area (Å²) in [6.45, 7) is 5.74. The Morgan fingerprint density at radius 1 is 1.29 bits per heavy atom. The molecule has 0 saturated carbocycles. The molecule has 0 radical (unpaired) electrons. The lowest BCUT2D eigenvalue weighted by Gasteiger charge is -2.06. The third kappa shape index (κ3) is 2.87. The number of halogens is 1. The van der Waals surface area contributed by atoms with Gasteiger partial charge in [0.2, 0.25) is 0 Å². The smallest absolute Gasteiger partial charge is 0.179 e. The van der Waals surface area contributed by atoms with E-state index in [1.54, 1.807) is 6.20 Å². The number of aromatic nitrogens is 5. The minimum Gasteiger partial charge on any atom is -0.329 e. The lowest BCUT2D eigenvalue weighted by molar-refractivity contribution is 0.518.